The summed E-state index contributed by atoms with van der Waals surface area (Å²) in [6.45, 7) is 4.69. The van der Waals surface area contributed by atoms with Crippen molar-refractivity contribution in [2.45, 2.75) is 26.1 Å². The van der Waals surface area contributed by atoms with Crippen molar-refractivity contribution < 1.29 is 4.79 Å². The summed E-state index contributed by atoms with van der Waals surface area (Å²) in [5.41, 5.74) is 7.84. The van der Waals surface area contributed by atoms with Gasteiger partial charge < -0.3 is 10.2 Å². The van der Waals surface area contributed by atoms with Crippen LogP contribution in [-0.4, -0.2) is 15.5 Å². The molecule has 0 aliphatic carbocycles. The molecule has 2 aliphatic rings. The second kappa shape index (κ2) is 7.06. The van der Waals surface area contributed by atoms with Crippen LogP contribution in [0.4, 0.5) is 11.4 Å². The Kier molecular flexibility index (Phi) is 4.04. The summed E-state index contributed by atoms with van der Waals surface area (Å²) in [7, 11) is 0. The first kappa shape index (κ1) is 20.0. The van der Waals surface area contributed by atoms with E-state index in [2.05, 4.69) is 60.1 Å². The van der Waals surface area contributed by atoms with E-state index in [0.717, 1.165) is 56.0 Å². The molecule has 1 unspecified atom stereocenters. The molecule has 1 atom stereocenters. The quantitative estimate of drug-likeness (QED) is 0.355. The number of nitrogens with zero attached hydrogens (tertiary/aromatic N) is 3. The van der Waals surface area contributed by atoms with Gasteiger partial charge in [0.15, 0.2) is 0 Å². The van der Waals surface area contributed by atoms with Crippen LogP contribution in [-0.2, 0) is 17.0 Å². The molecule has 1 amide bonds. The minimum absolute atomic E-state index is 0.00367. The van der Waals surface area contributed by atoms with E-state index in [1.54, 1.807) is 0 Å². The Hall–Kier alpha value is -4.38. The van der Waals surface area contributed by atoms with Crippen LogP contribution in [0.15, 0.2) is 91.0 Å². The van der Waals surface area contributed by atoms with Crippen molar-refractivity contribution in [1.29, 1.82) is 0 Å². The van der Waals surface area contributed by atoms with Gasteiger partial charge in [-0.25, -0.2) is 4.98 Å². The maximum absolute atomic E-state index is 14.7. The van der Waals surface area contributed by atoms with E-state index >= 15 is 0 Å². The Bertz CT molecular complexity index is 1650. The van der Waals surface area contributed by atoms with Gasteiger partial charge in [-0.1, -0.05) is 66.2 Å². The third-order valence-electron chi connectivity index (χ3n) is 7.22. The van der Waals surface area contributed by atoms with E-state index in [4.69, 9.17) is 4.98 Å². The summed E-state index contributed by atoms with van der Waals surface area (Å²) >= 11 is 0. The number of aryl methyl sites for hydroxylation is 2. The molecule has 4 aromatic carbocycles. The van der Waals surface area contributed by atoms with Crippen molar-refractivity contribution >= 4 is 28.3 Å². The lowest BCUT2D eigenvalue weighted by Gasteiger charge is -2.38. The standard InChI is InChI=1S/C30H24N4O/c1-19-16-20(2)27-23(17-19)30(29(35)33(27)18-21-10-4-3-5-11-21)32-24-13-7-6-12-22(24)28-31-25-14-8-9-15-26(25)34(28)30/h3-17,32H,18H2,1-2H3. The summed E-state index contributed by atoms with van der Waals surface area (Å²) in [6, 6.07) is 30.7. The van der Waals surface area contributed by atoms with Gasteiger partial charge in [-0.05, 0) is 55.3 Å². The van der Waals surface area contributed by atoms with Crippen molar-refractivity contribution in [3.63, 3.8) is 0 Å². The Morgan fingerprint density at radius 2 is 1.63 bits per heavy atom. The Morgan fingerprint density at radius 3 is 2.49 bits per heavy atom. The van der Waals surface area contributed by atoms with Gasteiger partial charge in [0, 0.05) is 16.8 Å². The summed E-state index contributed by atoms with van der Waals surface area (Å²) < 4.78 is 2.12. The van der Waals surface area contributed by atoms with Crippen molar-refractivity contribution in [2.24, 2.45) is 0 Å². The highest BCUT2D eigenvalue weighted by Gasteiger charge is 2.56. The number of para-hydroxylation sites is 3. The minimum atomic E-state index is -1.12. The molecular weight excluding hydrogens is 432 g/mol. The number of imidazole rings is 1. The third-order valence-corrected chi connectivity index (χ3v) is 7.22. The van der Waals surface area contributed by atoms with Gasteiger partial charge in [-0.3, -0.25) is 9.36 Å². The summed E-state index contributed by atoms with van der Waals surface area (Å²) in [6.07, 6.45) is 0. The SMILES string of the molecule is Cc1cc(C)c2c(c1)C1(Nc3ccccc3-c3nc4ccccc4n31)C(=O)N2Cc1ccccc1. The molecule has 5 heteroatoms. The molecule has 1 N–H and O–H groups in total. The first-order chi connectivity index (χ1) is 17.1. The molecular formula is C30H24N4O. The lowest BCUT2D eigenvalue weighted by Crippen LogP contribution is -2.53. The molecule has 0 saturated carbocycles. The van der Waals surface area contributed by atoms with E-state index in [1.165, 1.54) is 0 Å². The first-order valence-electron chi connectivity index (χ1n) is 11.9. The number of rotatable bonds is 2. The third kappa shape index (κ3) is 2.63. The molecule has 0 fully saturated rings. The van der Waals surface area contributed by atoms with Crippen LogP contribution < -0.4 is 10.2 Å². The van der Waals surface area contributed by atoms with E-state index < -0.39 is 5.66 Å². The highest BCUT2D eigenvalue weighted by atomic mass is 16.2. The van der Waals surface area contributed by atoms with Crippen molar-refractivity contribution in [3.05, 3.63) is 113 Å². The van der Waals surface area contributed by atoms with Gasteiger partial charge in [-0.15, -0.1) is 0 Å². The molecule has 0 saturated heterocycles. The van der Waals surface area contributed by atoms with Gasteiger partial charge in [-0.2, -0.15) is 0 Å². The van der Waals surface area contributed by atoms with E-state index in [0.29, 0.717) is 6.54 Å². The first-order valence-corrected chi connectivity index (χ1v) is 11.9. The average molecular weight is 457 g/mol. The minimum Gasteiger partial charge on any atom is -0.350 e. The van der Waals surface area contributed by atoms with E-state index in [-0.39, 0.29) is 5.91 Å². The molecule has 0 radical (unpaired) electrons. The molecule has 7 rings (SSSR count). The molecule has 1 aromatic heterocycles. The number of carbonyl (C=O) groups excluding carboxylic acids is 1. The number of hydrogen-bond acceptors (Lipinski definition) is 3. The number of benzene rings is 4. The maximum atomic E-state index is 14.7. The largest absolute Gasteiger partial charge is 0.350 e. The average Bonchev–Trinajstić information content (AvgIpc) is 3.36. The number of anilines is 2. The van der Waals surface area contributed by atoms with Gasteiger partial charge >= 0.3 is 0 Å². The van der Waals surface area contributed by atoms with Crippen LogP contribution in [0.2, 0.25) is 0 Å². The smallest absolute Gasteiger partial charge is 0.279 e. The highest BCUT2D eigenvalue weighted by Crippen LogP contribution is 2.52. The second-order valence-corrected chi connectivity index (χ2v) is 9.50. The number of nitrogens with one attached hydrogen (secondary N) is 1. The molecule has 170 valence electrons. The van der Waals surface area contributed by atoms with Crippen LogP contribution in [0.5, 0.6) is 0 Å². The fraction of sp³-hybridized carbons (Fsp3) is 0.133. The summed E-state index contributed by atoms with van der Waals surface area (Å²) in [4.78, 5) is 21.7. The highest BCUT2D eigenvalue weighted by molar-refractivity contribution is 6.12. The Labute approximate surface area is 203 Å². The Morgan fingerprint density at radius 1 is 0.886 bits per heavy atom. The number of aromatic nitrogens is 2. The zero-order chi connectivity index (χ0) is 23.7. The van der Waals surface area contributed by atoms with E-state index in [1.807, 2.05) is 59.5 Å². The molecule has 5 nitrogen and oxygen atoms in total. The predicted molar refractivity (Wildman–Crippen MR) is 139 cm³/mol. The fourth-order valence-corrected chi connectivity index (χ4v) is 5.84. The van der Waals surface area contributed by atoms with Crippen molar-refractivity contribution in [3.8, 4) is 11.4 Å². The zero-order valence-electron chi connectivity index (χ0n) is 19.6. The van der Waals surface area contributed by atoms with Crippen LogP contribution in [0.3, 0.4) is 0 Å². The van der Waals surface area contributed by atoms with Crippen molar-refractivity contribution in [2.75, 3.05) is 10.2 Å². The van der Waals surface area contributed by atoms with Crippen LogP contribution in [0, 0.1) is 13.8 Å². The summed E-state index contributed by atoms with van der Waals surface area (Å²) in [5, 5.41) is 3.71. The van der Waals surface area contributed by atoms with Gasteiger partial charge in [0.05, 0.1) is 23.3 Å². The molecule has 35 heavy (non-hydrogen) atoms. The van der Waals surface area contributed by atoms with Crippen LogP contribution in [0.1, 0.15) is 22.3 Å². The number of amides is 1. The monoisotopic (exact) mass is 456 g/mol. The van der Waals surface area contributed by atoms with Gasteiger partial charge in [0.25, 0.3) is 5.91 Å². The Balaban J connectivity index is 1.57. The normalized spacial score (nSPS) is 17.9. The molecule has 3 heterocycles. The lowest BCUT2D eigenvalue weighted by molar-refractivity contribution is -0.123. The van der Waals surface area contributed by atoms with Gasteiger partial charge in [0.1, 0.15) is 5.82 Å². The number of hydrogen-bond donors (Lipinski definition) is 1. The topological polar surface area (TPSA) is 50.2 Å². The molecule has 0 bridgehead atoms. The summed E-state index contributed by atoms with van der Waals surface area (Å²) in [5.74, 6) is 0.810. The fourth-order valence-electron chi connectivity index (χ4n) is 5.84. The lowest BCUT2D eigenvalue weighted by atomic mass is 9.92. The molecule has 5 aromatic rings. The van der Waals surface area contributed by atoms with Crippen LogP contribution in [0.25, 0.3) is 22.4 Å². The maximum Gasteiger partial charge on any atom is 0.279 e. The van der Waals surface area contributed by atoms with Crippen LogP contribution >= 0.6 is 0 Å². The zero-order valence-corrected chi connectivity index (χ0v) is 19.6. The van der Waals surface area contributed by atoms with Gasteiger partial charge in [0.2, 0.25) is 5.66 Å². The van der Waals surface area contributed by atoms with E-state index in [9.17, 15) is 4.79 Å². The van der Waals surface area contributed by atoms with Crippen molar-refractivity contribution in [1.82, 2.24) is 9.55 Å². The number of fused-ring (bicyclic) bond motifs is 8. The molecule has 1 spiro atoms. The number of carbonyl (C=O) groups is 1. The molecule has 2 aliphatic heterocycles. The second-order valence-electron chi connectivity index (χ2n) is 9.50. The predicted octanol–water partition coefficient (Wildman–Crippen LogP) is 5.99.